The monoisotopic (exact) mass is 378 g/mol. The van der Waals surface area contributed by atoms with Gasteiger partial charge in [-0.1, -0.05) is 30.3 Å². The van der Waals surface area contributed by atoms with Crippen LogP contribution < -0.4 is 19.6 Å². The molecule has 0 aliphatic heterocycles. The summed E-state index contributed by atoms with van der Waals surface area (Å²) in [7, 11) is 2.98. The van der Waals surface area contributed by atoms with E-state index in [1.54, 1.807) is 48.5 Å². The van der Waals surface area contributed by atoms with Crippen LogP contribution in [0.3, 0.4) is 0 Å². The summed E-state index contributed by atoms with van der Waals surface area (Å²) in [4.78, 5) is 20.3. The first-order valence-corrected chi connectivity index (χ1v) is 8.32. The summed E-state index contributed by atoms with van der Waals surface area (Å²) in [5.74, 6) is 0.762. The number of amides is 1. The Labute approximate surface area is 161 Å². The SMILES string of the molecule is COc1cc(OC)nc(Oc2ccccc2C=NNC(=O)c2ccccc2)n1. The van der Waals surface area contributed by atoms with Crippen LogP contribution in [0, 0.1) is 0 Å². The van der Waals surface area contributed by atoms with Gasteiger partial charge in [0.2, 0.25) is 11.8 Å². The van der Waals surface area contributed by atoms with E-state index in [0.717, 1.165) is 0 Å². The number of para-hydroxylation sites is 1. The van der Waals surface area contributed by atoms with Crippen molar-refractivity contribution in [3.63, 3.8) is 0 Å². The summed E-state index contributed by atoms with van der Waals surface area (Å²) in [6.45, 7) is 0. The number of methoxy groups -OCH3 is 2. The molecule has 0 aliphatic rings. The van der Waals surface area contributed by atoms with Crippen molar-refractivity contribution in [3.05, 3.63) is 71.8 Å². The van der Waals surface area contributed by atoms with Gasteiger partial charge in [-0.15, -0.1) is 0 Å². The molecule has 1 N–H and O–H groups in total. The second-order valence-electron chi connectivity index (χ2n) is 5.44. The van der Waals surface area contributed by atoms with Crippen LogP contribution in [0.2, 0.25) is 0 Å². The predicted octanol–water partition coefficient (Wildman–Crippen LogP) is 3.05. The van der Waals surface area contributed by atoms with Crippen molar-refractivity contribution in [2.24, 2.45) is 5.10 Å². The van der Waals surface area contributed by atoms with Gasteiger partial charge in [0.25, 0.3) is 5.91 Å². The van der Waals surface area contributed by atoms with Gasteiger partial charge >= 0.3 is 6.01 Å². The second kappa shape index (κ2) is 9.13. The van der Waals surface area contributed by atoms with Gasteiger partial charge in [-0.2, -0.15) is 15.1 Å². The minimum Gasteiger partial charge on any atom is -0.481 e. The molecule has 8 heteroatoms. The zero-order valence-electron chi connectivity index (χ0n) is 15.3. The number of hydrogen-bond acceptors (Lipinski definition) is 7. The van der Waals surface area contributed by atoms with Gasteiger partial charge in [0, 0.05) is 11.1 Å². The molecule has 0 bridgehead atoms. The molecule has 1 aromatic heterocycles. The number of carbonyl (C=O) groups excluding carboxylic acids is 1. The van der Waals surface area contributed by atoms with E-state index in [0.29, 0.717) is 28.6 Å². The Morgan fingerprint density at radius 3 is 2.29 bits per heavy atom. The van der Waals surface area contributed by atoms with Gasteiger partial charge < -0.3 is 14.2 Å². The molecule has 28 heavy (non-hydrogen) atoms. The molecule has 142 valence electrons. The van der Waals surface area contributed by atoms with Gasteiger partial charge in [0.05, 0.1) is 26.5 Å². The van der Waals surface area contributed by atoms with E-state index in [9.17, 15) is 4.79 Å². The molecule has 3 aromatic rings. The molecule has 3 rings (SSSR count). The third-order valence-electron chi connectivity index (χ3n) is 3.60. The molecule has 0 radical (unpaired) electrons. The van der Waals surface area contributed by atoms with E-state index in [1.165, 1.54) is 20.4 Å². The van der Waals surface area contributed by atoms with Crippen LogP contribution in [0.4, 0.5) is 0 Å². The average Bonchev–Trinajstić information content (AvgIpc) is 2.75. The quantitative estimate of drug-likeness (QED) is 0.502. The van der Waals surface area contributed by atoms with Gasteiger partial charge in [-0.25, -0.2) is 5.43 Å². The molecular formula is C20H18N4O4. The highest BCUT2D eigenvalue weighted by atomic mass is 16.5. The van der Waals surface area contributed by atoms with Crippen molar-refractivity contribution >= 4 is 12.1 Å². The fourth-order valence-corrected chi connectivity index (χ4v) is 2.23. The molecular weight excluding hydrogens is 360 g/mol. The lowest BCUT2D eigenvalue weighted by atomic mass is 10.2. The van der Waals surface area contributed by atoms with Gasteiger partial charge in [-0.05, 0) is 24.3 Å². The number of hydrogen-bond donors (Lipinski definition) is 1. The first kappa shape index (κ1) is 18.8. The fraction of sp³-hybridized carbons (Fsp3) is 0.100. The zero-order valence-corrected chi connectivity index (χ0v) is 15.3. The number of nitrogens with one attached hydrogen (secondary N) is 1. The van der Waals surface area contributed by atoms with E-state index in [-0.39, 0.29) is 11.9 Å². The molecule has 0 atom stereocenters. The summed E-state index contributed by atoms with van der Waals surface area (Å²) in [5.41, 5.74) is 3.62. The van der Waals surface area contributed by atoms with E-state index < -0.39 is 0 Å². The van der Waals surface area contributed by atoms with Crippen LogP contribution in [0.5, 0.6) is 23.5 Å². The summed E-state index contributed by atoms with van der Waals surface area (Å²) in [6, 6.07) is 17.5. The summed E-state index contributed by atoms with van der Waals surface area (Å²) >= 11 is 0. The molecule has 0 fully saturated rings. The van der Waals surface area contributed by atoms with Crippen LogP contribution in [-0.4, -0.2) is 36.3 Å². The predicted molar refractivity (Wildman–Crippen MR) is 103 cm³/mol. The van der Waals surface area contributed by atoms with E-state index in [2.05, 4.69) is 20.5 Å². The zero-order chi connectivity index (χ0) is 19.8. The van der Waals surface area contributed by atoms with Crippen LogP contribution in [0.25, 0.3) is 0 Å². The number of carbonyl (C=O) groups is 1. The van der Waals surface area contributed by atoms with Crippen LogP contribution in [-0.2, 0) is 0 Å². The topological polar surface area (TPSA) is 94.9 Å². The minimum absolute atomic E-state index is 0.0605. The van der Waals surface area contributed by atoms with E-state index in [4.69, 9.17) is 14.2 Å². The lowest BCUT2D eigenvalue weighted by Crippen LogP contribution is -2.17. The third kappa shape index (κ3) is 4.82. The first-order chi connectivity index (χ1) is 13.7. The van der Waals surface area contributed by atoms with Crippen molar-refractivity contribution in [1.82, 2.24) is 15.4 Å². The minimum atomic E-state index is -0.309. The maximum atomic E-state index is 12.0. The lowest BCUT2D eigenvalue weighted by Gasteiger charge is -2.09. The molecule has 0 aliphatic carbocycles. The maximum Gasteiger partial charge on any atom is 0.328 e. The smallest absolute Gasteiger partial charge is 0.328 e. The second-order valence-corrected chi connectivity index (χ2v) is 5.44. The summed E-state index contributed by atoms with van der Waals surface area (Å²) in [5, 5.41) is 3.99. The first-order valence-electron chi connectivity index (χ1n) is 8.32. The number of benzene rings is 2. The van der Waals surface area contributed by atoms with Crippen molar-refractivity contribution in [3.8, 4) is 23.5 Å². The highest BCUT2D eigenvalue weighted by molar-refractivity contribution is 5.95. The molecule has 1 heterocycles. The number of aromatic nitrogens is 2. The Morgan fingerprint density at radius 2 is 1.61 bits per heavy atom. The summed E-state index contributed by atoms with van der Waals surface area (Å²) < 4.78 is 16.0. The molecule has 0 saturated carbocycles. The number of nitrogens with zero attached hydrogens (tertiary/aromatic N) is 3. The van der Waals surface area contributed by atoms with E-state index in [1.807, 2.05) is 12.1 Å². The van der Waals surface area contributed by atoms with Crippen LogP contribution in [0.15, 0.2) is 65.8 Å². The number of ether oxygens (including phenoxy) is 3. The Bertz CT molecular complexity index is 955. The van der Waals surface area contributed by atoms with E-state index >= 15 is 0 Å². The lowest BCUT2D eigenvalue weighted by molar-refractivity contribution is 0.0955. The molecule has 1 amide bonds. The van der Waals surface area contributed by atoms with Crippen molar-refractivity contribution < 1.29 is 19.0 Å². The molecule has 8 nitrogen and oxygen atoms in total. The van der Waals surface area contributed by atoms with Gasteiger partial charge in [0.15, 0.2) is 0 Å². The van der Waals surface area contributed by atoms with Gasteiger partial charge in [0.1, 0.15) is 5.75 Å². The van der Waals surface area contributed by atoms with Crippen molar-refractivity contribution in [1.29, 1.82) is 0 Å². The van der Waals surface area contributed by atoms with Crippen molar-refractivity contribution in [2.45, 2.75) is 0 Å². The third-order valence-corrected chi connectivity index (χ3v) is 3.60. The average molecular weight is 378 g/mol. The fourth-order valence-electron chi connectivity index (χ4n) is 2.23. The molecule has 0 spiro atoms. The van der Waals surface area contributed by atoms with Crippen LogP contribution in [0.1, 0.15) is 15.9 Å². The molecule has 2 aromatic carbocycles. The highest BCUT2D eigenvalue weighted by Crippen LogP contribution is 2.25. The number of rotatable bonds is 7. The number of hydrazone groups is 1. The summed E-state index contributed by atoms with van der Waals surface area (Å²) in [6.07, 6.45) is 1.48. The largest absolute Gasteiger partial charge is 0.481 e. The highest BCUT2D eigenvalue weighted by Gasteiger charge is 2.10. The Kier molecular flexibility index (Phi) is 6.14. The standard InChI is InChI=1S/C20H18N4O4/c1-26-17-12-18(27-2)23-20(22-17)28-16-11-7-6-10-15(16)13-21-24-19(25)14-8-4-3-5-9-14/h3-13H,1-2H3,(H,24,25). The molecule has 0 saturated heterocycles. The normalized spacial score (nSPS) is 10.5. The maximum absolute atomic E-state index is 12.0. The Hall–Kier alpha value is -3.94. The van der Waals surface area contributed by atoms with Gasteiger partial charge in [-0.3, -0.25) is 4.79 Å². The van der Waals surface area contributed by atoms with Crippen molar-refractivity contribution in [2.75, 3.05) is 14.2 Å². The molecule has 0 unspecified atom stereocenters. The Morgan fingerprint density at radius 1 is 0.964 bits per heavy atom. The van der Waals surface area contributed by atoms with Crippen LogP contribution >= 0.6 is 0 Å². The Balaban J connectivity index is 1.75.